The maximum Gasteiger partial charge on any atom is 0.305 e. The van der Waals surface area contributed by atoms with Gasteiger partial charge in [-0.05, 0) is 61.1 Å². The number of rotatable bonds is 7. The van der Waals surface area contributed by atoms with Gasteiger partial charge in [0.2, 0.25) is 0 Å². The number of allylic oxidation sites excluding steroid dienone is 4. The third-order valence-electron chi connectivity index (χ3n) is 7.23. The number of benzene rings is 2. The van der Waals surface area contributed by atoms with Crippen LogP contribution in [0.4, 0.5) is 0 Å². The van der Waals surface area contributed by atoms with Crippen molar-refractivity contribution in [2.24, 2.45) is 0 Å². The third-order valence-corrected chi connectivity index (χ3v) is 7.78. The number of hydrogen-bond donors (Lipinski definition) is 1. The fourth-order valence-electron chi connectivity index (χ4n) is 5.58. The molecule has 6 nitrogen and oxygen atoms in total. The molecule has 2 aromatic rings. The Morgan fingerprint density at radius 1 is 0.919 bits per heavy atom. The summed E-state index contributed by atoms with van der Waals surface area (Å²) in [5, 5.41) is 10.4. The maximum absolute atomic E-state index is 13.3. The van der Waals surface area contributed by atoms with Crippen LogP contribution < -0.4 is 4.74 Å². The monoisotopic (exact) mass is 539 g/mol. The number of ether oxygens (including phenoxy) is 1. The third kappa shape index (κ3) is 5.18. The minimum atomic E-state index is -0.906. The number of aliphatic carboxylic acids is 1. The summed E-state index contributed by atoms with van der Waals surface area (Å²) < 4.78 is 5.94. The first kappa shape index (κ1) is 25.6. The van der Waals surface area contributed by atoms with Crippen LogP contribution in [0.25, 0.3) is 0 Å². The van der Waals surface area contributed by atoms with Crippen LogP contribution in [-0.2, 0) is 21.0 Å². The molecular weight excluding hydrogens is 513 g/mol. The lowest BCUT2D eigenvalue weighted by atomic mass is 9.71. The average molecular weight is 540 g/mol. The Bertz CT molecular complexity index is 1280. The fraction of sp³-hybridized carbons (Fsp3) is 0.345. The van der Waals surface area contributed by atoms with E-state index in [4.69, 9.17) is 27.9 Å². The molecule has 0 unspecified atom stereocenters. The Kier molecular flexibility index (Phi) is 7.40. The van der Waals surface area contributed by atoms with Crippen molar-refractivity contribution < 1.29 is 24.2 Å². The largest absolute Gasteiger partial charge is 0.487 e. The van der Waals surface area contributed by atoms with Crippen LogP contribution in [0.1, 0.15) is 62.0 Å². The van der Waals surface area contributed by atoms with Gasteiger partial charge in [-0.15, -0.1) is 0 Å². The number of hydrogen-bond acceptors (Lipinski definition) is 5. The Balaban J connectivity index is 1.52. The van der Waals surface area contributed by atoms with Gasteiger partial charge in [0.25, 0.3) is 0 Å². The number of carbonyl (C=O) groups excluding carboxylic acids is 2. The molecular formula is C29H27Cl2NO5. The van der Waals surface area contributed by atoms with Gasteiger partial charge in [-0.1, -0.05) is 41.4 Å². The van der Waals surface area contributed by atoms with Gasteiger partial charge in [-0.25, -0.2) is 0 Å². The molecule has 8 heteroatoms. The maximum atomic E-state index is 13.3. The number of carboxylic acid groups (broad SMARTS) is 1. The average Bonchev–Trinajstić information content (AvgIpc) is 2.87. The standard InChI is InChI=1S/C29H27Cl2NO5/c30-19-10-7-17(8-11-19)16-37-25-12-9-18(15-20(25)31)27-28-21(3-1-5-23(28)33)32(14-13-26(35)36)22-4-2-6-24(34)29(22)27/h7-12,15,27H,1-6,13-14,16H2,(H,35,36). The van der Waals surface area contributed by atoms with Gasteiger partial charge in [0.15, 0.2) is 11.6 Å². The van der Waals surface area contributed by atoms with Gasteiger partial charge >= 0.3 is 5.97 Å². The normalized spacial score (nSPS) is 18.2. The first-order valence-corrected chi connectivity index (χ1v) is 13.3. The number of carboxylic acids is 1. The molecule has 3 aliphatic rings. The minimum absolute atomic E-state index is 0.00989. The number of Topliss-reactive ketones (excluding diaryl/α,β-unsaturated/α-hetero) is 2. The molecule has 2 aliphatic carbocycles. The number of nitrogens with zero attached hydrogens (tertiary/aromatic N) is 1. The highest BCUT2D eigenvalue weighted by molar-refractivity contribution is 6.32. The second-order valence-corrected chi connectivity index (χ2v) is 10.5. The summed E-state index contributed by atoms with van der Waals surface area (Å²) in [5.74, 6) is -0.884. The van der Waals surface area contributed by atoms with E-state index in [1.54, 1.807) is 24.3 Å². The van der Waals surface area contributed by atoms with E-state index in [-0.39, 0.29) is 24.5 Å². The quantitative estimate of drug-likeness (QED) is 0.434. The summed E-state index contributed by atoms with van der Waals surface area (Å²) in [6.45, 7) is 0.568. The summed E-state index contributed by atoms with van der Waals surface area (Å²) in [7, 11) is 0. The van der Waals surface area contributed by atoms with Crippen molar-refractivity contribution in [3.63, 3.8) is 0 Å². The summed E-state index contributed by atoms with van der Waals surface area (Å²) in [6.07, 6.45) is 3.54. The lowest BCUT2D eigenvalue weighted by Gasteiger charge is -2.44. The van der Waals surface area contributed by atoms with Crippen LogP contribution >= 0.6 is 23.2 Å². The molecule has 0 amide bonds. The van der Waals surface area contributed by atoms with Crippen molar-refractivity contribution in [2.45, 2.75) is 57.5 Å². The first-order valence-electron chi connectivity index (χ1n) is 12.5. The van der Waals surface area contributed by atoms with E-state index in [1.165, 1.54) is 0 Å². The predicted molar refractivity (Wildman–Crippen MR) is 141 cm³/mol. The van der Waals surface area contributed by atoms with Gasteiger partial charge in [-0.3, -0.25) is 14.4 Å². The van der Waals surface area contributed by atoms with Crippen molar-refractivity contribution in [1.29, 1.82) is 0 Å². The van der Waals surface area contributed by atoms with Crippen molar-refractivity contribution in [1.82, 2.24) is 4.90 Å². The molecule has 2 aromatic carbocycles. The van der Waals surface area contributed by atoms with Crippen molar-refractivity contribution in [3.8, 4) is 5.75 Å². The number of halogens is 2. The van der Waals surface area contributed by atoms with Crippen LogP contribution in [0.3, 0.4) is 0 Å². The van der Waals surface area contributed by atoms with Crippen molar-refractivity contribution >= 4 is 40.7 Å². The zero-order valence-corrected chi connectivity index (χ0v) is 21.8. The van der Waals surface area contributed by atoms with Gasteiger partial charge < -0.3 is 14.7 Å². The second kappa shape index (κ2) is 10.7. The van der Waals surface area contributed by atoms with Crippen molar-refractivity contribution in [2.75, 3.05) is 6.54 Å². The molecule has 0 aromatic heterocycles. The molecule has 0 spiro atoms. The van der Waals surface area contributed by atoms with E-state index in [0.29, 0.717) is 72.1 Å². The molecule has 0 saturated carbocycles. The highest BCUT2D eigenvalue weighted by Crippen LogP contribution is 2.49. The van der Waals surface area contributed by atoms with Crippen LogP contribution in [-0.4, -0.2) is 34.1 Å². The Hall–Kier alpha value is -3.09. The van der Waals surface area contributed by atoms with E-state index in [2.05, 4.69) is 0 Å². The van der Waals surface area contributed by atoms with Gasteiger partial charge in [0.1, 0.15) is 12.4 Å². The van der Waals surface area contributed by atoms with E-state index < -0.39 is 11.9 Å². The first-order chi connectivity index (χ1) is 17.8. The lowest BCUT2D eigenvalue weighted by Crippen LogP contribution is -2.39. The molecule has 0 radical (unpaired) electrons. The summed E-state index contributed by atoms with van der Waals surface area (Å²) in [4.78, 5) is 40.0. The summed E-state index contributed by atoms with van der Waals surface area (Å²) in [6, 6.07) is 12.8. The molecule has 192 valence electrons. The fourth-order valence-corrected chi connectivity index (χ4v) is 5.95. The molecule has 1 heterocycles. The van der Waals surface area contributed by atoms with Crippen molar-refractivity contribution in [3.05, 3.63) is 86.2 Å². The zero-order chi connectivity index (χ0) is 26.1. The molecule has 5 rings (SSSR count). The SMILES string of the molecule is O=C(O)CCN1C2=C(C(=O)CCC2)C(c2ccc(OCc3ccc(Cl)cc3)c(Cl)c2)C2=C1CCCC2=O. The van der Waals surface area contributed by atoms with Crippen LogP contribution in [0, 0.1) is 0 Å². The van der Waals surface area contributed by atoms with Gasteiger partial charge in [-0.2, -0.15) is 0 Å². The lowest BCUT2D eigenvalue weighted by molar-refractivity contribution is -0.137. The predicted octanol–water partition coefficient (Wildman–Crippen LogP) is 6.46. The van der Waals surface area contributed by atoms with E-state index in [0.717, 1.165) is 22.5 Å². The molecule has 0 atom stereocenters. The molecule has 1 aliphatic heterocycles. The zero-order valence-electron chi connectivity index (χ0n) is 20.3. The summed E-state index contributed by atoms with van der Waals surface area (Å²) >= 11 is 12.6. The number of carbonyl (C=O) groups is 3. The molecule has 37 heavy (non-hydrogen) atoms. The molecule has 0 bridgehead atoms. The Morgan fingerprint density at radius 3 is 2.11 bits per heavy atom. The molecule has 1 N–H and O–H groups in total. The van der Waals surface area contributed by atoms with Crippen LogP contribution in [0.5, 0.6) is 5.75 Å². The Morgan fingerprint density at radius 2 is 1.54 bits per heavy atom. The van der Waals surface area contributed by atoms with Crippen LogP contribution in [0.2, 0.25) is 10.0 Å². The van der Waals surface area contributed by atoms with Gasteiger partial charge in [0, 0.05) is 52.9 Å². The highest BCUT2D eigenvalue weighted by atomic mass is 35.5. The smallest absolute Gasteiger partial charge is 0.305 e. The Labute approximate surface area is 225 Å². The second-order valence-electron chi connectivity index (χ2n) is 9.61. The van der Waals surface area contributed by atoms with Gasteiger partial charge in [0.05, 0.1) is 11.4 Å². The van der Waals surface area contributed by atoms with E-state index in [1.807, 2.05) is 23.1 Å². The minimum Gasteiger partial charge on any atom is -0.487 e. The van der Waals surface area contributed by atoms with E-state index >= 15 is 0 Å². The van der Waals surface area contributed by atoms with E-state index in [9.17, 15) is 19.5 Å². The molecule has 0 saturated heterocycles. The highest BCUT2D eigenvalue weighted by Gasteiger charge is 2.43. The topological polar surface area (TPSA) is 83.9 Å². The summed E-state index contributed by atoms with van der Waals surface area (Å²) in [5.41, 5.74) is 4.65. The number of ketones is 2. The molecule has 0 fully saturated rings. The van der Waals surface area contributed by atoms with Crippen LogP contribution in [0.15, 0.2) is 65.0 Å².